The molecule has 84 valence electrons. The van der Waals surface area contributed by atoms with Gasteiger partial charge in [-0.2, -0.15) is 0 Å². The molecule has 2 aromatic rings. The van der Waals surface area contributed by atoms with Crippen molar-refractivity contribution in [1.29, 1.82) is 0 Å². The summed E-state index contributed by atoms with van der Waals surface area (Å²) in [6.07, 6.45) is 8.41. The molecule has 0 spiro atoms. The van der Waals surface area contributed by atoms with Crippen LogP contribution in [0, 0.1) is 0 Å². The van der Waals surface area contributed by atoms with E-state index in [0.717, 1.165) is 5.82 Å². The summed E-state index contributed by atoms with van der Waals surface area (Å²) in [4.78, 5) is 12.4. The minimum absolute atomic E-state index is 0.471. The van der Waals surface area contributed by atoms with Gasteiger partial charge < -0.3 is 9.67 Å². The molecule has 0 saturated heterocycles. The van der Waals surface area contributed by atoms with Crippen LogP contribution < -0.4 is 0 Å². The monoisotopic (exact) mass is 218 g/mol. The quantitative estimate of drug-likeness (QED) is 0.838. The Labute approximate surface area is 93.8 Å². The van der Waals surface area contributed by atoms with Gasteiger partial charge in [-0.25, -0.2) is 9.97 Å². The molecule has 2 aromatic heterocycles. The fourth-order valence-electron chi connectivity index (χ4n) is 1.50. The van der Waals surface area contributed by atoms with Crippen molar-refractivity contribution in [2.24, 2.45) is 0 Å². The fraction of sp³-hybridized carbons (Fsp3) is 0.364. The fourth-order valence-corrected chi connectivity index (χ4v) is 1.50. The molecule has 0 unspecified atom stereocenters. The van der Waals surface area contributed by atoms with Crippen LogP contribution in [0.2, 0.25) is 0 Å². The number of hydrogen-bond donors (Lipinski definition) is 1. The van der Waals surface area contributed by atoms with Crippen LogP contribution >= 0.6 is 0 Å². The minimum atomic E-state index is -0.780. The Morgan fingerprint density at radius 3 is 2.69 bits per heavy atom. The van der Waals surface area contributed by atoms with Crippen LogP contribution in [0.5, 0.6) is 0 Å². The molecule has 0 amide bonds. The van der Waals surface area contributed by atoms with Gasteiger partial charge in [0.25, 0.3) is 0 Å². The van der Waals surface area contributed by atoms with Gasteiger partial charge in [0, 0.05) is 24.8 Å². The molecule has 0 aliphatic carbocycles. The predicted molar refractivity (Wildman–Crippen MR) is 59.6 cm³/mol. The van der Waals surface area contributed by atoms with E-state index in [0.29, 0.717) is 12.2 Å². The lowest BCUT2D eigenvalue weighted by atomic mass is 10.1. The molecule has 0 radical (unpaired) electrons. The number of aromatic nitrogens is 4. The van der Waals surface area contributed by atoms with Crippen molar-refractivity contribution in [3.05, 3.63) is 31.0 Å². The molecule has 0 fully saturated rings. The summed E-state index contributed by atoms with van der Waals surface area (Å²) in [6.45, 7) is 3.99. The molecule has 0 aliphatic rings. The SMILES string of the molecule is CC(C)(O)Cn1ccnc1-c1cnccn1. The first-order valence-electron chi connectivity index (χ1n) is 5.06. The van der Waals surface area contributed by atoms with Gasteiger partial charge in [-0.15, -0.1) is 0 Å². The largest absolute Gasteiger partial charge is 0.389 e. The van der Waals surface area contributed by atoms with Crippen molar-refractivity contribution in [3.8, 4) is 11.5 Å². The van der Waals surface area contributed by atoms with Crippen LogP contribution in [0.15, 0.2) is 31.0 Å². The van der Waals surface area contributed by atoms with Gasteiger partial charge in [-0.1, -0.05) is 0 Å². The Bertz CT molecular complexity index is 458. The van der Waals surface area contributed by atoms with Crippen LogP contribution in [0.1, 0.15) is 13.8 Å². The van der Waals surface area contributed by atoms with Crippen LogP contribution in [0.4, 0.5) is 0 Å². The number of rotatable bonds is 3. The van der Waals surface area contributed by atoms with Gasteiger partial charge in [0.2, 0.25) is 0 Å². The Morgan fingerprint density at radius 2 is 2.06 bits per heavy atom. The van der Waals surface area contributed by atoms with Gasteiger partial charge in [0.15, 0.2) is 5.82 Å². The zero-order chi connectivity index (χ0) is 11.6. The topological polar surface area (TPSA) is 63.8 Å². The molecule has 5 nitrogen and oxygen atoms in total. The Morgan fingerprint density at radius 1 is 1.25 bits per heavy atom. The number of imidazole rings is 1. The van der Waals surface area contributed by atoms with E-state index in [1.807, 2.05) is 10.8 Å². The van der Waals surface area contributed by atoms with E-state index >= 15 is 0 Å². The summed E-state index contributed by atoms with van der Waals surface area (Å²) < 4.78 is 1.87. The average molecular weight is 218 g/mol. The van der Waals surface area contributed by atoms with Gasteiger partial charge >= 0.3 is 0 Å². The van der Waals surface area contributed by atoms with Gasteiger partial charge in [0.1, 0.15) is 5.69 Å². The average Bonchev–Trinajstić information content (AvgIpc) is 2.64. The van der Waals surface area contributed by atoms with Crippen molar-refractivity contribution in [2.45, 2.75) is 26.0 Å². The molecule has 2 heterocycles. The maximum atomic E-state index is 9.78. The minimum Gasteiger partial charge on any atom is -0.389 e. The van der Waals surface area contributed by atoms with Gasteiger partial charge in [0.05, 0.1) is 18.3 Å². The van der Waals surface area contributed by atoms with E-state index in [9.17, 15) is 5.11 Å². The highest BCUT2D eigenvalue weighted by Crippen LogP contribution is 2.16. The van der Waals surface area contributed by atoms with Crippen molar-refractivity contribution in [1.82, 2.24) is 19.5 Å². The van der Waals surface area contributed by atoms with E-state index < -0.39 is 5.60 Å². The predicted octanol–water partition coefficient (Wildman–Crippen LogP) is 1.11. The molecule has 0 bridgehead atoms. The van der Waals surface area contributed by atoms with E-state index in [1.54, 1.807) is 38.6 Å². The summed E-state index contributed by atoms with van der Waals surface area (Å²) in [7, 11) is 0. The van der Waals surface area contributed by atoms with Crippen molar-refractivity contribution >= 4 is 0 Å². The normalized spacial score (nSPS) is 11.7. The van der Waals surface area contributed by atoms with Crippen LogP contribution in [0.25, 0.3) is 11.5 Å². The second-order valence-corrected chi connectivity index (χ2v) is 4.28. The molecule has 0 saturated carbocycles. The van der Waals surface area contributed by atoms with Gasteiger partial charge in [-0.3, -0.25) is 4.98 Å². The summed E-state index contributed by atoms with van der Waals surface area (Å²) in [5, 5.41) is 9.78. The third kappa shape index (κ3) is 2.43. The van der Waals surface area contributed by atoms with E-state index in [2.05, 4.69) is 15.0 Å². The maximum Gasteiger partial charge on any atom is 0.160 e. The highest BCUT2D eigenvalue weighted by molar-refractivity contribution is 5.47. The first-order valence-corrected chi connectivity index (χ1v) is 5.06. The third-order valence-corrected chi connectivity index (χ3v) is 2.07. The Kier molecular flexibility index (Phi) is 2.70. The zero-order valence-corrected chi connectivity index (χ0v) is 9.33. The lowest BCUT2D eigenvalue weighted by Gasteiger charge is -2.18. The standard InChI is InChI=1S/C11H14N4O/c1-11(2,16)8-15-6-5-14-10(15)9-7-12-3-4-13-9/h3-7,16H,8H2,1-2H3. The second-order valence-electron chi connectivity index (χ2n) is 4.28. The van der Waals surface area contributed by atoms with E-state index in [1.165, 1.54) is 0 Å². The summed E-state index contributed by atoms with van der Waals surface area (Å²) in [5.74, 6) is 0.718. The Balaban J connectivity index is 2.33. The summed E-state index contributed by atoms with van der Waals surface area (Å²) in [6, 6.07) is 0. The van der Waals surface area contributed by atoms with E-state index in [4.69, 9.17) is 0 Å². The number of aliphatic hydroxyl groups is 1. The molecule has 5 heteroatoms. The second kappa shape index (κ2) is 4.02. The molecule has 1 N–H and O–H groups in total. The summed E-state index contributed by atoms with van der Waals surface area (Å²) in [5.41, 5.74) is -0.0748. The van der Waals surface area contributed by atoms with Gasteiger partial charge in [-0.05, 0) is 13.8 Å². The number of nitrogens with zero attached hydrogens (tertiary/aromatic N) is 4. The van der Waals surface area contributed by atoms with Crippen LogP contribution in [-0.4, -0.2) is 30.2 Å². The molecule has 0 atom stereocenters. The molecule has 16 heavy (non-hydrogen) atoms. The van der Waals surface area contributed by atoms with Crippen molar-refractivity contribution in [3.63, 3.8) is 0 Å². The van der Waals surface area contributed by atoms with Crippen LogP contribution in [-0.2, 0) is 6.54 Å². The number of hydrogen-bond acceptors (Lipinski definition) is 4. The highest BCUT2D eigenvalue weighted by atomic mass is 16.3. The molecule has 0 aromatic carbocycles. The molecule has 2 rings (SSSR count). The molecular weight excluding hydrogens is 204 g/mol. The van der Waals surface area contributed by atoms with Crippen molar-refractivity contribution in [2.75, 3.05) is 0 Å². The maximum absolute atomic E-state index is 9.78. The van der Waals surface area contributed by atoms with E-state index in [-0.39, 0.29) is 0 Å². The lowest BCUT2D eigenvalue weighted by Crippen LogP contribution is -2.26. The third-order valence-electron chi connectivity index (χ3n) is 2.07. The van der Waals surface area contributed by atoms with Crippen LogP contribution in [0.3, 0.4) is 0 Å². The smallest absolute Gasteiger partial charge is 0.160 e. The highest BCUT2D eigenvalue weighted by Gasteiger charge is 2.16. The molecular formula is C11H14N4O. The Hall–Kier alpha value is -1.75. The van der Waals surface area contributed by atoms with Crippen molar-refractivity contribution < 1.29 is 5.11 Å². The summed E-state index contributed by atoms with van der Waals surface area (Å²) >= 11 is 0. The molecule has 0 aliphatic heterocycles. The first kappa shape index (κ1) is 10.8. The first-order chi connectivity index (χ1) is 7.56. The zero-order valence-electron chi connectivity index (χ0n) is 9.33. The lowest BCUT2D eigenvalue weighted by molar-refractivity contribution is 0.0619.